The Morgan fingerprint density at radius 1 is 1.07 bits per heavy atom. The summed E-state index contributed by atoms with van der Waals surface area (Å²) in [5.41, 5.74) is 5.22. The van der Waals surface area contributed by atoms with Gasteiger partial charge in [-0.1, -0.05) is 31.5 Å². The van der Waals surface area contributed by atoms with E-state index in [0.29, 0.717) is 31.6 Å². The normalized spacial score (nSPS) is 18.2. The zero-order valence-corrected chi connectivity index (χ0v) is 23.5. The van der Waals surface area contributed by atoms with Crippen LogP contribution in [0.1, 0.15) is 64.7 Å². The molecule has 0 radical (unpaired) electrons. The molecular formula is C31H37F3N2O4. The highest BCUT2D eigenvalue weighted by Gasteiger charge is 2.37. The number of fused-ring (bicyclic) bond motifs is 1. The van der Waals surface area contributed by atoms with E-state index in [0.717, 1.165) is 46.0 Å². The second-order valence-electron chi connectivity index (χ2n) is 10.7. The molecule has 2 heterocycles. The summed E-state index contributed by atoms with van der Waals surface area (Å²) < 4.78 is 51.7. The Morgan fingerprint density at radius 2 is 1.80 bits per heavy atom. The Kier molecular flexibility index (Phi) is 9.23. The summed E-state index contributed by atoms with van der Waals surface area (Å²) in [6, 6.07) is 11.0. The zero-order chi connectivity index (χ0) is 29.0. The number of hydrogen-bond acceptors (Lipinski definition) is 5. The van der Waals surface area contributed by atoms with Crippen LogP contribution in [0.15, 0.2) is 42.6 Å². The number of halogens is 3. The number of methoxy groups -OCH3 is 1. The van der Waals surface area contributed by atoms with Crippen molar-refractivity contribution in [1.82, 2.24) is 9.47 Å². The molecule has 1 aliphatic rings. The van der Waals surface area contributed by atoms with Gasteiger partial charge in [-0.05, 0) is 91.9 Å². The number of carbonyl (C=O) groups excluding carboxylic acids is 2. The number of carbonyl (C=O) groups is 2. The van der Waals surface area contributed by atoms with Crippen LogP contribution in [0.4, 0.5) is 18.0 Å². The fourth-order valence-electron chi connectivity index (χ4n) is 5.90. The summed E-state index contributed by atoms with van der Waals surface area (Å²) in [7, 11) is 1.31. The number of aryl methyl sites for hydroxylation is 2. The summed E-state index contributed by atoms with van der Waals surface area (Å²) in [4.78, 5) is 26.2. The molecule has 0 bridgehead atoms. The molecule has 2 aromatic carbocycles. The molecule has 1 aromatic heterocycles. The molecule has 1 saturated heterocycles. The van der Waals surface area contributed by atoms with Gasteiger partial charge in [-0.3, -0.25) is 9.47 Å². The van der Waals surface area contributed by atoms with Gasteiger partial charge in [0, 0.05) is 18.1 Å². The fraction of sp³-hybridized carbons (Fsp3) is 0.484. The lowest BCUT2D eigenvalue weighted by molar-refractivity contribution is -0.149. The van der Waals surface area contributed by atoms with Gasteiger partial charge >= 0.3 is 18.2 Å². The average Bonchev–Trinajstić information content (AvgIpc) is 3.36. The molecule has 216 valence electrons. The predicted octanol–water partition coefficient (Wildman–Crippen LogP) is 7.04. The van der Waals surface area contributed by atoms with Crippen molar-refractivity contribution in [3.63, 3.8) is 0 Å². The highest BCUT2D eigenvalue weighted by Crippen LogP contribution is 2.39. The summed E-state index contributed by atoms with van der Waals surface area (Å²) in [6.45, 7) is 6.06. The summed E-state index contributed by atoms with van der Waals surface area (Å²) in [5, 5.41) is 0.961. The molecule has 0 unspecified atom stereocenters. The second-order valence-corrected chi connectivity index (χ2v) is 10.7. The molecule has 0 aliphatic carbocycles. The van der Waals surface area contributed by atoms with Crippen molar-refractivity contribution in [2.24, 2.45) is 5.92 Å². The van der Waals surface area contributed by atoms with Crippen LogP contribution in [0, 0.1) is 19.8 Å². The Hall–Kier alpha value is -3.33. The fourth-order valence-corrected chi connectivity index (χ4v) is 5.90. The third-order valence-electron chi connectivity index (χ3n) is 7.88. The van der Waals surface area contributed by atoms with E-state index in [1.807, 2.05) is 39.0 Å². The van der Waals surface area contributed by atoms with Gasteiger partial charge in [0.1, 0.15) is 0 Å². The van der Waals surface area contributed by atoms with Crippen molar-refractivity contribution in [2.75, 3.05) is 33.4 Å². The SMILES string of the molecule is CCCCOC(=O)n1ccc2c(C[C@H]3CCN(CC(F)(F)F)C[C@@H]3c3ccc(C(=O)OC)cc3)c(C)cc(C)c21. The summed E-state index contributed by atoms with van der Waals surface area (Å²) >= 11 is 0. The van der Waals surface area contributed by atoms with Gasteiger partial charge in [0.25, 0.3) is 0 Å². The molecule has 40 heavy (non-hydrogen) atoms. The number of likely N-dealkylation sites (tertiary alicyclic amines) is 1. The number of esters is 1. The molecule has 1 aliphatic heterocycles. The monoisotopic (exact) mass is 558 g/mol. The van der Waals surface area contributed by atoms with Crippen molar-refractivity contribution in [3.8, 4) is 0 Å². The quantitative estimate of drug-likeness (QED) is 0.219. The first-order chi connectivity index (χ1) is 19.0. The van der Waals surface area contributed by atoms with E-state index in [2.05, 4.69) is 6.07 Å². The van der Waals surface area contributed by atoms with Crippen LogP contribution >= 0.6 is 0 Å². The molecule has 4 rings (SSSR count). The van der Waals surface area contributed by atoms with Crippen LogP contribution in [0.5, 0.6) is 0 Å². The third-order valence-corrected chi connectivity index (χ3v) is 7.88. The molecular weight excluding hydrogens is 521 g/mol. The maximum Gasteiger partial charge on any atom is 0.418 e. The highest BCUT2D eigenvalue weighted by atomic mass is 19.4. The van der Waals surface area contributed by atoms with Crippen molar-refractivity contribution >= 4 is 23.0 Å². The molecule has 9 heteroatoms. The number of piperidine rings is 1. The van der Waals surface area contributed by atoms with Crippen LogP contribution in [-0.2, 0) is 15.9 Å². The Labute approximate surface area is 233 Å². The lowest BCUT2D eigenvalue weighted by Crippen LogP contribution is -2.44. The topological polar surface area (TPSA) is 60.8 Å². The Bertz CT molecular complexity index is 1350. The maximum atomic E-state index is 13.3. The van der Waals surface area contributed by atoms with Crippen molar-refractivity contribution in [2.45, 2.75) is 58.5 Å². The number of benzene rings is 2. The molecule has 0 amide bonds. The van der Waals surface area contributed by atoms with Crippen LogP contribution in [0.3, 0.4) is 0 Å². The molecule has 1 fully saturated rings. The van der Waals surface area contributed by atoms with Crippen LogP contribution in [0.2, 0.25) is 0 Å². The van der Waals surface area contributed by atoms with E-state index in [1.54, 1.807) is 22.9 Å². The Morgan fingerprint density at radius 3 is 2.45 bits per heavy atom. The highest BCUT2D eigenvalue weighted by molar-refractivity contribution is 5.94. The summed E-state index contributed by atoms with van der Waals surface area (Å²) in [5.74, 6) is -0.557. The van der Waals surface area contributed by atoms with Crippen LogP contribution in [0.25, 0.3) is 10.9 Å². The summed E-state index contributed by atoms with van der Waals surface area (Å²) in [6.07, 6.45) is 0.0178. The van der Waals surface area contributed by atoms with E-state index >= 15 is 0 Å². The van der Waals surface area contributed by atoms with E-state index in [4.69, 9.17) is 9.47 Å². The number of rotatable bonds is 8. The van der Waals surface area contributed by atoms with E-state index in [9.17, 15) is 22.8 Å². The van der Waals surface area contributed by atoms with Gasteiger partial charge in [-0.25, -0.2) is 9.59 Å². The van der Waals surface area contributed by atoms with Crippen molar-refractivity contribution in [1.29, 1.82) is 0 Å². The Balaban J connectivity index is 1.67. The van der Waals surface area contributed by atoms with Gasteiger partial charge < -0.3 is 9.47 Å². The maximum absolute atomic E-state index is 13.3. The average molecular weight is 559 g/mol. The number of alkyl halides is 3. The largest absolute Gasteiger partial charge is 0.465 e. The van der Waals surface area contributed by atoms with E-state index < -0.39 is 24.8 Å². The number of nitrogens with zero attached hydrogens (tertiary/aromatic N) is 2. The third kappa shape index (κ3) is 6.69. The predicted molar refractivity (Wildman–Crippen MR) is 148 cm³/mol. The van der Waals surface area contributed by atoms with Gasteiger partial charge in [0.05, 0.1) is 31.3 Å². The molecule has 6 nitrogen and oxygen atoms in total. The van der Waals surface area contributed by atoms with Gasteiger partial charge in [0.2, 0.25) is 0 Å². The van der Waals surface area contributed by atoms with Gasteiger partial charge in [-0.2, -0.15) is 13.2 Å². The van der Waals surface area contributed by atoms with E-state index in [1.165, 1.54) is 12.0 Å². The second kappa shape index (κ2) is 12.5. The lowest BCUT2D eigenvalue weighted by atomic mass is 9.76. The number of ether oxygens (including phenoxy) is 2. The molecule has 0 spiro atoms. The van der Waals surface area contributed by atoms with E-state index in [-0.39, 0.29) is 18.4 Å². The minimum Gasteiger partial charge on any atom is -0.465 e. The first kappa shape index (κ1) is 29.6. The number of aromatic nitrogens is 1. The smallest absolute Gasteiger partial charge is 0.418 e. The van der Waals surface area contributed by atoms with Gasteiger partial charge in [-0.15, -0.1) is 0 Å². The van der Waals surface area contributed by atoms with Gasteiger partial charge in [0.15, 0.2) is 0 Å². The molecule has 0 saturated carbocycles. The minimum absolute atomic E-state index is 0.0675. The first-order valence-corrected chi connectivity index (χ1v) is 13.8. The molecule has 0 N–H and O–H groups in total. The first-order valence-electron chi connectivity index (χ1n) is 13.8. The number of hydrogen-bond donors (Lipinski definition) is 0. The minimum atomic E-state index is -4.28. The van der Waals surface area contributed by atoms with Crippen molar-refractivity contribution < 1.29 is 32.2 Å². The zero-order valence-electron chi connectivity index (χ0n) is 23.5. The van der Waals surface area contributed by atoms with Crippen LogP contribution in [-0.4, -0.2) is 61.1 Å². The number of unbranched alkanes of at least 4 members (excludes halogenated alkanes) is 1. The molecule has 2 atom stereocenters. The molecule has 3 aromatic rings. The standard InChI is InChI=1S/C31H37F3N2O4/c1-5-6-15-40-30(38)36-14-12-25-26(20(2)16-21(3)28(25)36)17-24-11-13-35(19-31(32,33)34)18-27(24)22-7-9-23(10-8-22)29(37)39-4/h7-10,12,14,16,24,27H,5-6,11,13,15,17-19H2,1-4H3/t24-,27-/m1/s1. The van der Waals surface area contributed by atoms with Crippen LogP contribution < -0.4 is 0 Å². The van der Waals surface area contributed by atoms with Crippen molar-refractivity contribution in [3.05, 3.63) is 70.4 Å². The lowest BCUT2D eigenvalue weighted by Gasteiger charge is -2.39.